The summed E-state index contributed by atoms with van der Waals surface area (Å²) in [5.41, 5.74) is 0. The Kier molecular flexibility index (Phi) is 2.75. The molecule has 84 valence electrons. The van der Waals surface area contributed by atoms with E-state index >= 15 is 0 Å². The van der Waals surface area contributed by atoms with E-state index in [-0.39, 0.29) is 0 Å². The van der Waals surface area contributed by atoms with Crippen LogP contribution < -0.4 is 4.18 Å². The molecule has 0 bridgehead atoms. The molecule has 0 aliphatic carbocycles. The summed E-state index contributed by atoms with van der Waals surface area (Å²) in [4.78, 5) is 11.4. The molecule has 4 heteroatoms. The zero-order chi connectivity index (χ0) is 11.6. The minimum Gasteiger partial charge on any atom is -0.477 e. The molecular weight excluding hydrogens is 224 g/mol. The molecule has 1 aliphatic rings. The van der Waals surface area contributed by atoms with Gasteiger partial charge < -0.3 is 9.29 Å². The topological polar surface area (TPSA) is 46.5 Å². The van der Waals surface area contributed by atoms with Crippen molar-refractivity contribution in [2.75, 3.05) is 6.26 Å². The first-order valence-corrected chi connectivity index (χ1v) is 6.79. The molecule has 0 aromatic heterocycles. The fourth-order valence-electron chi connectivity index (χ4n) is 1.48. The van der Waals surface area contributed by atoms with E-state index in [0.717, 1.165) is 0 Å². The number of rotatable bonds is 3. The van der Waals surface area contributed by atoms with Gasteiger partial charge >= 0.3 is 5.97 Å². The molecular formula is C12H12O3S. The van der Waals surface area contributed by atoms with Gasteiger partial charge in [0, 0.05) is 6.26 Å². The summed E-state index contributed by atoms with van der Waals surface area (Å²) in [5.74, 6) is -0.225. The van der Waals surface area contributed by atoms with Crippen LogP contribution >= 0.6 is 10.3 Å². The molecule has 1 aromatic carbocycles. The van der Waals surface area contributed by atoms with Gasteiger partial charge in [-0.3, -0.25) is 0 Å². The zero-order valence-corrected chi connectivity index (χ0v) is 9.61. The number of carboxylic acids is 1. The number of para-hydroxylation sites is 1. The predicted molar refractivity (Wildman–Crippen MR) is 65.4 cm³/mol. The maximum absolute atomic E-state index is 11.0. The van der Waals surface area contributed by atoms with Gasteiger partial charge in [-0.15, -0.1) is 0 Å². The summed E-state index contributed by atoms with van der Waals surface area (Å²) >= 11 is 0. The first-order valence-electron chi connectivity index (χ1n) is 4.76. The molecule has 1 aliphatic heterocycles. The third-order valence-electron chi connectivity index (χ3n) is 2.25. The molecule has 3 nitrogen and oxygen atoms in total. The standard InChI is InChI=1S/C12H12O3S/c1-16(9-5-8-11(16)12(13)14)15-10-6-3-2-4-7-10/h2-9H,1H3,(H,13,14). The highest BCUT2D eigenvalue weighted by Crippen LogP contribution is 2.57. The van der Waals surface area contributed by atoms with Crippen LogP contribution in [0.2, 0.25) is 0 Å². The van der Waals surface area contributed by atoms with Crippen LogP contribution in [0, 0.1) is 0 Å². The van der Waals surface area contributed by atoms with Gasteiger partial charge in [0.15, 0.2) is 0 Å². The third-order valence-corrected chi connectivity index (χ3v) is 4.65. The first-order chi connectivity index (χ1) is 7.62. The summed E-state index contributed by atoms with van der Waals surface area (Å²) in [7, 11) is -1.82. The van der Waals surface area contributed by atoms with Crippen molar-refractivity contribution in [3.05, 3.63) is 52.8 Å². The summed E-state index contributed by atoms with van der Waals surface area (Å²) in [6.45, 7) is 0. The molecule has 0 fully saturated rings. The Labute approximate surface area is 95.6 Å². The maximum Gasteiger partial charge on any atom is 0.344 e. The first kappa shape index (κ1) is 10.8. The third kappa shape index (κ3) is 1.97. The highest BCUT2D eigenvalue weighted by Gasteiger charge is 2.30. The van der Waals surface area contributed by atoms with Crippen molar-refractivity contribution in [1.82, 2.24) is 0 Å². The smallest absolute Gasteiger partial charge is 0.344 e. The molecule has 1 aromatic rings. The zero-order valence-electron chi connectivity index (χ0n) is 8.79. The number of carboxylic acid groups (broad SMARTS) is 1. The predicted octanol–water partition coefficient (Wildman–Crippen LogP) is 2.91. The van der Waals surface area contributed by atoms with Crippen molar-refractivity contribution in [1.29, 1.82) is 0 Å². The Morgan fingerprint density at radius 1 is 1.31 bits per heavy atom. The van der Waals surface area contributed by atoms with Crippen LogP contribution in [-0.4, -0.2) is 17.3 Å². The lowest BCUT2D eigenvalue weighted by Crippen LogP contribution is -2.11. The molecule has 0 radical (unpaired) electrons. The number of hydrogen-bond acceptors (Lipinski definition) is 2. The van der Waals surface area contributed by atoms with E-state index in [4.69, 9.17) is 9.29 Å². The highest BCUT2D eigenvalue weighted by molar-refractivity contribution is 8.35. The fourth-order valence-corrected chi connectivity index (χ4v) is 3.36. The highest BCUT2D eigenvalue weighted by atomic mass is 32.3. The average Bonchev–Trinajstić information content (AvgIpc) is 2.61. The average molecular weight is 236 g/mol. The van der Waals surface area contributed by atoms with E-state index in [2.05, 4.69) is 0 Å². The Morgan fingerprint density at radius 2 is 2.00 bits per heavy atom. The van der Waals surface area contributed by atoms with Crippen LogP contribution in [0.25, 0.3) is 0 Å². The van der Waals surface area contributed by atoms with Crippen molar-refractivity contribution in [3.8, 4) is 5.75 Å². The van der Waals surface area contributed by atoms with Gasteiger partial charge in [-0.25, -0.2) is 4.79 Å². The lowest BCUT2D eigenvalue weighted by atomic mass is 10.3. The largest absolute Gasteiger partial charge is 0.477 e. The summed E-state index contributed by atoms with van der Waals surface area (Å²) in [6.07, 6.45) is 5.16. The lowest BCUT2D eigenvalue weighted by Gasteiger charge is -2.30. The van der Waals surface area contributed by atoms with E-state index in [9.17, 15) is 4.79 Å². The van der Waals surface area contributed by atoms with Crippen LogP contribution in [0.1, 0.15) is 0 Å². The second-order valence-electron chi connectivity index (χ2n) is 3.46. The number of aliphatic carboxylic acids is 1. The van der Waals surface area contributed by atoms with Crippen LogP contribution in [0.3, 0.4) is 0 Å². The van der Waals surface area contributed by atoms with Gasteiger partial charge in [0.25, 0.3) is 0 Å². The Hall–Kier alpha value is -1.68. The summed E-state index contributed by atoms with van der Waals surface area (Å²) < 4.78 is 5.78. The monoisotopic (exact) mass is 236 g/mol. The molecule has 1 heterocycles. The minimum absolute atomic E-state index is 0.330. The van der Waals surface area contributed by atoms with E-state index < -0.39 is 16.3 Å². The SMILES string of the molecule is CS1(Oc2ccccc2)C=CC=C1C(=O)O. The molecule has 0 saturated heterocycles. The van der Waals surface area contributed by atoms with Crippen molar-refractivity contribution < 1.29 is 14.1 Å². The molecule has 0 amide bonds. The normalized spacial score (nSPS) is 26.9. The van der Waals surface area contributed by atoms with Gasteiger partial charge in [0.05, 0.1) is 0 Å². The Morgan fingerprint density at radius 3 is 2.62 bits per heavy atom. The number of carbonyl (C=O) groups is 1. The maximum atomic E-state index is 11.0. The molecule has 1 unspecified atom stereocenters. The lowest BCUT2D eigenvalue weighted by molar-refractivity contribution is -0.131. The Balaban J connectivity index is 2.24. The molecule has 1 N–H and O–H groups in total. The minimum atomic E-state index is -1.82. The van der Waals surface area contributed by atoms with Gasteiger partial charge in [0.1, 0.15) is 10.7 Å². The van der Waals surface area contributed by atoms with E-state index in [1.54, 1.807) is 12.2 Å². The van der Waals surface area contributed by atoms with Crippen molar-refractivity contribution in [3.63, 3.8) is 0 Å². The van der Waals surface area contributed by atoms with Gasteiger partial charge in [-0.2, -0.15) is 0 Å². The number of hydrogen-bond donors (Lipinski definition) is 1. The van der Waals surface area contributed by atoms with Crippen LogP contribution in [0.5, 0.6) is 5.75 Å². The van der Waals surface area contributed by atoms with Crippen molar-refractivity contribution in [2.45, 2.75) is 0 Å². The molecule has 0 spiro atoms. The molecule has 0 saturated carbocycles. The summed E-state index contributed by atoms with van der Waals surface area (Å²) in [5, 5.41) is 10.9. The van der Waals surface area contributed by atoms with E-state index in [0.29, 0.717) is 10.7 Å². The number of benzene rings is 1. The molecule has 16 heavy (non-hydrogen) atoms. The second kappa shape index (κ2) is 4.06. The van der Waals surface area contributed by atoms with Crippen molar-refractivity contribution >= 4 is 16.3 Å². The van der Waals surface area contributed by atoms with Gasteiger partial charge in [0.2, 0.25) is 0 Å². The van der Waals surface area contributed by atoms with Crippen molar-refractivity contribution in [2.24, 2.45) is 0 Å². The molecule has 2 rings (SSSR count). The van der Waals surface area contributed by atoms with Gasteiger partial charge in [-0.1, -0.05) is 24.3 Å². The van der Waals surface area contributed by atoms with Crippen LogP contribution in [0.4, 0.5) is 0 Å². The van der Waals surface area contributed by atoms with Crippen LogP contribution in [-0.2, 0) is 4.79 Å². The van der Waals surface area contributed by atoms with Gasteiger partial charge in [-0.05, 0) is 33.9 Å². The van der Waals surface area contributed by atoms with Crippen LogP contribution in [0.15, 0.2) is 52.8 Å². The van der Waals surface area contributed by atoms with E-state index in [1.807, 2.05) is 42.0 Å². The summed E-state index contributed by atoms with van der Waals surface area (Å²) in [6, 6.07) is 9.26. The quantitative estimate of drug-likeness (QED) is 0.877. The second-order valence-corrected chi connectivity index (χ2v) is 6.15. The molecule has 1 atom stereocenters. The van der Waals surface area contributed by atoms with E-state index in [1.165, 1.54) is 0 Å². The Bertz CT molecular complexity index is 464. The number of allylic oxidation sites excluding steroid dienone is 2. The fraction of sp³-hybridized carbons (Fsp3) is 0.0833.